The van der Waals surface area contributed by atoms with Gasteiger partial charge in [-0.15, -0.1) is 0 Å². The fourth-order valence-electron chi connectivity index (χ4n) is 0. The molecule has 0 nitrogen and oxygen atoms in total. The predicted octanol–water partition coefficient (Wildman–Crippen LogP) is -4.09. The van der Waals surface area contributed by atoms with Gasteiger partial charge in [-0.25, -0.2) is 0 Å². The minimum Gasteiger partial charge on any atom is -1.00 e. The monoisotopic (exact) mass is 211 g/mol. The molecule has 0 atom stereocenters. The van der Waals surface area contributed by atoms with Crippen molar-refractivity contribution in [2.24, 2.45) is 0 Å². The van der Waals surface area contributed by atoms with Gasteiger partial charge in [0.05, 0.1) is 0 Å². The van der Waals surface area contributed by atoms with Gasteiger partial charge in [-0.05, 0) is 0 Å². The van der Waals surface area contributed by atoms with Crippen LogP contribution in [0.25, 0.3) is 0 Å². The first kappa shape index (κ1) is 168. The molecule has 3 heteroatoms. The maximum absolute atomic E-state index is 0. The Balaban J connectivity index is 0. The zero-order valence-corrected chi connectivity index (χ0v) is 4.91. The van der Waals surface area contributed by atoms with Crippen LogP contribution in [0.15, 0.2) is 0 Å². The summed E-state index contributed by atoms with van der Waals surface area (Å²) in [4.78, 5) is 0. The van der Waals surface area contributed by atoms with E-state index in [0.717, 1.165) is 0 Å². The summed E-state index contributed by atoms with van der Waals surface area (Å²) in [6.07, 6.45) is 0. The molecule has 6 heavy (non-hydrogen) atoms. The molecular formula is C3H12Cl2Nb. The van der Waals surface area contributed by atoms with Gasteiger partial charge in [-0.1, -0.05) is 22.3 Å². The van der Waals surface area contributed by atoms with Crippen molar-refractivity contribution in [1.82, 2.24) is 0 Å². The molecule has 0 aliphatic rings. The summed E-state index contributed by atoms with van der Waals surface area (Å²) in [5.74, 6) is 0. The molecule has 0 aliphatic carbocycles. The zero-order valence-electron chi connectivity index (χ0n) is 1.20. The van der Waals surface area contributed by atoms with E-state index in [1.165, 1.54) is 0 Å². The van der Waals surface area contributed by atoms with Crippen molar-refractivity contribution >= 4 is 0 Å². The molecule has 0 bridgehead atoms. The Kier molecular flexibility index (Phi) is 2870. The van der Waals surface area contributed by atoms with Crippen LogP contribution in [0.1, 0.15) is 22.3 Å². The van der Waals surface area contributed by atoms with Crippen LogP contribution in [0, 0.1) is 0 Å². The fraction of sp³-hybridized carbons (Fsp3) is 1.00. The van der Waals surface area contributed by atoms with E-state index >= 15 is 0 Å². The van der Waals surface area contributed by atoms with E-state index in [0.29, 0.717) is 0 Å². The number of hydrogen-bond acceptors (Lipinski definition) is 0. The molecule has 0 saturated heterocycles. The predicted molar refractivity (Wildman–Crippen MR) is 20.2 cm³/mol. The van der Waals surface area contributed by atoms with Gasteiger partial charge < -0.3 is 24.8 Å². The molecule has 0 aromatic carbocycles. The van der Waals surface area contributed by atoms with Crippen LogP contribution in [-0.4, -0.2) is 0 Å². The zero-order chi connectivity index (χ0) is 0. The molecule has 0 saturated carbocycles. The third kappa shape index (κ3) is 57.0. The fourth-order valence-corrected chi connectivity index (χ4v) is 0. The van der Waals surface area contributed by atoms with Gasteiger partial charge in [0.25, 0.3) is 0 Å². The molecule has 0 fully saturated rings. The van der Waals surface area contributed by atoms with Gasteiger partial charge in [0.1, 0.15) is 0 Å². The maximum Gasteiger partial charge on any atom is 2.00 e. The summed E-state index contributed by atoms with van der Waals surface area (Å²) in [7, 11) is 0. The van der Waals surface area contributed by atoms with Crippen molar-refractivity contribution in [3.63, 3.8) is 0 Å². The van der Waals surface area contributed by atoms with Crippen LogP contribution in [0.4, 0.5) is 0 Å². The molecular weight excluding hydrogens is 200 g/mol. The van der Waals surface area contributed by atoms with Crippen molar-refractivity contribution in [3.8, 4) is 0 Å². The third-order valence-corrected chi connectivity index (χ3v) is 0. The smallest absolute Gasteiger partial charge is 1.00 e. The summed E-state index contributed by atoms with van der Waals surface area (Å²) in [6.45, 7) is 0. The van der Waals surface area contributed by atoms with Crippen molar-refractivity contribution in [1.29, 1.82) is 0 Å². The number of hydrogen-bond donors (Lipinski definition) is 0. The molecule has 0 amide bonds. The van der Waals surface area contributed by atoms with Gasteiger partial charge in [0.2, 0.25) is 0 Å². The first-order chi connectivity index (χ1) is 0. The standard InChI is InChI=1S/3CH4.2ClH.Nb/h3*1H4;2*1H;/q;;;;;+2/p-2. The summed E-state index contributed by atoms with van der Waals surface area (Å²) in [5.41, 5.74) is 0. The second kappa shape index (κ2) is 103. The molecule has 0 spiro atoms. The van der Waals surface area contributed by atoms with E-state index in [-0.39, 0.29) is 69.5 Å². The normalized spacial score (nSPS) is 0. The minimum absolute atomic E-state index is 0. The third-order valence-electron chi connectivity index (χ3n) is 0. The van der Waals surface area contributed by atoms with Gasteiger partial charge >= 0.3 is 22.4 Å². The van der Waals surface area contributed by atoms with Crippen LogP contribution >= 0.6 is 0 Å². The molecule has 0 aliphatic heterocycles. The molecule has 0 aromatic heterocycles. The Hall–Kier alpha value is 1.32. The molecule has 0 aromatic rings. The number of halogens is 2. The minimum atomic E-state index is 0. The molecule has 0 heterocycles. The quantitative estimate of drug-likeness (QED) is 0.358. The van der Waals surface area contributed by atoms with Crippen LogP contribution in [0.2, 0.25) is 0 Å². The Morgan fingerprint density at radius 1 is 0.500 bits per heavy atom. The molecule has 43 valence electrons. The Labute approximate surface area is 69.4 Å². The molecule has 0 N–H and O–H groups in total. The average molecular weight is 212 g/mol. The van der Waals surface area contributed by atoms with E-state index < -0.39 is 0 Å². The average Bonchev–Trinajstić information content (AvgIpc) is 0. The van der Waals surface area contributed by atoms with Crippen molar-refractivity contribution in [3.05, 3.63) is 0 Å². The van der Waals surface area contributed by atoms with E-state index in [2.05, 4.69) is 0 Å². The van der Waals surface area contributed by atoms with Gasteiger partial charge in [-0.3, -0.25) is 0 Å². The first-order valence-electron chi connectivity index (χ1n) is 0. The molecule has 0 unspecified atom stereocenters. The Morgan fingerprint density at radius 2 is 0.500 bits per heavy atom. The van der Waals surface area contributed by atoms with E-state index in [1.807, 2.05) is 0 Å². The maximum atomic E-state index is 0. The largest absolute Gasteiger partial charge is 2.00 e. The summed E-state index contributed by atoms with van der Waals surface area (Å²) in [5, 5.41) is 0. The van der Waals surface area contributed by atoms with Crippen molar-refractivity contribution in [2.75, 3.05) is 0 Å². The van der Waals surface area contributed by atoms with Gasteiger partial charge in [-0.2, -0.15) is 0 Å². The number of rotatable bonds is 0. The summed E-state index contributed by atoms with van der Waals surface area (Å²) >= 11 is 0. The van der Waals surface area contributed by atoms with E-state index in [1.54, 1.807) is 0 Å². The van der Waals surface area contributed by atoms with Crippen molar-refractivity contribution < 1.29 is 47.2 Å². The first-order valence-corrected chi connectivity index (χ1v) is 0. The van der Waals surface area contributed by atoms with Gasteiger partial charge in [0, 0.05) is 0 Å². The van der Waals surface area contributed by atoms with E-state index in [4.69, 9.17) is 0 Å². The molecule has 1 radical (unpaired) electrons. The van der Waals surface area contributed by atoms with E-state index in [9.17, 15) is 0 Å². The Bertz CT molecular complexity index is 8.75. The summed E-state index contributed by atoms with van der Waals surface area (Å²) in [6, 6.07) is 0. The van der Waals surface area contributed by atoms with Crippen molar-refractivity contribution in [2.45, 2.75) is 22.3 Å². The van der Waals surface area contributed by atoms with Gasteiger partial charge in [0.15, 0.2) is 0 Å². The second-order valence-corrected chi connectivity index (χ2v) is 0. The van der Waals surface area contributed by atoms with Crippen LogP contribution < -0.4 is 24.8 Å². The molecule has 0 rings (SSSR count). The van der Waals surface area contributed by atoms with Crippen LogP contribution in [0.3, 0.4) is 0 Å². The van der Waals surface area contributed by atoms with Crippen LogP contribution in [0.5, 0.6) is 0 Å². The Morgan fingerprint density at radius 3 is 0.500 bits per heavy atom. The topological polar surface area (TPSA) is 0 Å². The second-order valence-electron chi connectivity index (χ2n) is 0. The van der Waals surface area contributed by atoms with Crippen LogP contribution in [-0.2, 0) is 22.4 Å². The SMILES string of the molecule is C.C.C.[Cl-].[Cl-].[Nb+2]. The summed E-state index contributed by atoms with van der Waals surface area (Å²) < 4.78 is 0.